The maximum Gasteiger partial charge on any atom is 0.261 e. The summed E-state index contributed by atoms with van der Waals surface area (Å²) in [4.78, 5) is 45.0. The number of allylic oxidation sites excluding steroid dienone is 6. The Morgan fingerprint density at radius 2 is 1.55 bits per heavy atom. The molecule has 0 radical (unpaired) electrons. The average molecular weight is 537 g/mol. The molecule has 2 aliphatic heterocycles. The summed E-state index contributed by atoms with van der Waals surface area (Å²) >= 11 is 0. The van der Waals surface area contributed by atoms with Gasteiger partial charge in [0.05, 0.1) is 5.92 Å². The molecule has 0 unspecified atom stereocenters. The van der Waals surface area contributed by atoms with E-state index in [0.29, 0.717) is 24.2 Å². The molecule has 2 aromatic rings. The van der Waals surface area contributed by atoms with Crippen LogP contribution in [0, 0.1) is 5.92 Å². The lowest BCUT2D eigenvalue weighted by molar-refractivity contribution is -0.122. The van der Waals surface area contributed by atoms with Crippen molar-refractivity contribution in [1.29, 1.82) is 0 Å². The second-order valence-corrected chi connectivity index (χ2v) is 11.0. The molecule has 4 aliphatic rings. The minimum atomic E-state index is -0.185. The van der Waals surface area contributed by atoms with Crippen LogP contribution in [0.4, 0.5) is 0 Å². The van der Waals surface area contributed by atoms with Gasteiger partial charge in [-0.15, -0.1) is 0 Å². The number of amides is 3. The molecule has 0 bridgehead atoms. The first-order valence-electron chi connectivity index (χ1n) is 14.4. The summed E-state index contributed by atoms with van der Waals surface area (Å²) in [6.45, 7) is 6.88. The van der Waals surface area contributed by atoms with Gasteiger partial charge in [-0.2, -0.15) is 0 Å². The van der Waals surface area contributed by atoms with E-state index in [1.165, 1.54) is 16.0 Å². The number of hydrogen-bond acceptors (Lipinski definition) is 5. The van der Waals surface area contributed by atoms with Crippen molar-refractivity contribution in [3.8, 4) is 0 Å². The molecule has 2 aliphatic carbocycles. The molecule has 206 valence electrons. The topological polar surface area (TPSA) is 73.0 Å². The summed E-state index contributed by atoms with van der Waals surface area (Å²) in [6.07, 6.45) is 15.1. The first-order chi connectivity index (χ1) is 19.6. The summed E-state index contributed by atoms with van der Waals surface area (Å²) in [5.74, 6) is -0.460. The van der Waals surface area contributed by atoms with E-state index in [0.717, 1.165) is 69.3 Å². The fraction of sp³-hybridized carbons (Fsp3) is 0.364. The van der Waals surface area contributed by atoms with E-state index in [2.05, 4.69) is 45.5 Å². The van der Waals surface area contributed by atoms with Crippen LogP contribution in [0.1, 0.15) is 40.0 Å². The van der Waals surface area contributed by atoms with E-state index in [9.17, 15) is 14.4 Å². The van der Waals surface area contributed by atoms with Crippen LogP contribution in [0.3, 0.4) is 0 Å². The molecule has 2 aromatic carbocycles. The lowest BCUT2D eigenvalue weighted by Gasteiger charge is -2.35. The Labute approximate surface area is 235 Å². The molecule has 0 saturated carbocycles. The van der Waals surface area contributed by atoms with Crippen LogP contribution in [-0.2, 0) is 4.79 Å². The number of imide groups is 1. The third-order valence-corrected chi connectivity index (χ3v) is 8.41. The monoisotopic (exact) mass is 536 g/mol. The van der Waals surface area contributed by atoms with Gasteiger partial charge in [0, 0.05) is 55.8 Å². The van der Waals surface area contributed by atoms with Gasteiger partial charge in [-0.05, 0) is 61.0 Å². The Morgan fingerprint density at radius 3 is 2.20 bits per heavy atom. The molecule has 0 spiro atoms. The summed E-state index contributed by atoms with van der Waals surface area (Å²) in [5.41, 5.74) is 3.69. The molecular weight excluding hydrogens is 500 g/mol. The molecule has 40 heavy (non-hydrogen) atoms. The third kappa shape index (κ3) is 5.44. The highest BCUT2D eigenvalue weighted by Gasteiger charge is 2.32. The van der Waals surface area contributed by atoms with Crippen molar-refractivity contribution in [1.82, 2.24) is 20.0 Å². The van der Waals surface area contributed by atoms with Gasteiger partial charge < -0.3 is 15.1 Å². The van der Waals surface area contributed by atoms with Crippen molar-refractivity contribution in [2.24, 2.45) is 5.92 Å². The van der Waals surface area contributed by atoms with Gasteiger partial charge in [0.1, 0.15) is 0 Å². The zero-order valence-corrected chi connectivity index (χ0v) is 22.9. The minimum absolute atomic E-state index is 0.0773. The van der Waals surface area contributed by atoms with Gasteiger partial charge in [-0.3, -0.25) is 19.3 Å². The van der Waals surface area contributed by atoms with Crippen molar-refractivity contribution < 1.29 is 14.4 Å². The molecule has 1 saturated heterocycles. The van der Waals surface area contributed by atoms with E-state index >= 15 is 0 Å². The van der Waals surface area contributed by atoms with E-state index in [4.69, 9.17) is 0 Å². The molecule has 0 aromatic heterocycles. The number of nitrogens with one attached hydrogen (secondary N) is 1. The Bertz CT molecular complexity index is 1390. The highest BCUT2D eigenvalue weighted by atomic mass is 16.2. The predicted molar refractivity (Wildman–Crippen MR) is 157 cm³/mol. The van der Waals surface area contributed by atoms with Gasteiger partial charge in [0.2, 0.25) is 5.91 Å². The molecule has 1 fully saturated rings. The standard InChI is InChI=1S/C33H36N4O3/c38-31(27-14-13-26(23-27)24-7-1-2-8-24)34-15-5-16-35-19-21-36(22-20-35)17-6-18-37-32(39)28-11-3-9-25-10-4-12-29(30(25)28)33(37)40/h1-4,7,9-14,23,27H,5-6,8,15-22H2,(H,34,38)/t27-/m1/s1. The lowest BCUT2D eigenvalue weighted by Crippen LogP contribution is -2.48. The van der Waals surface area contributed by atoms with E-state index in [1.807, 2.05) is 42.5 Å². The van der Waals surface area contributed by atoms with Crippen LogP contribution in [0.5, 0.6) is 0 Å². The first-order valence-corrected chi connectivity index (χ1v) is 14.4. The van der Waals surface area contributed by atoms with Gasteiger partial charge in [0.25, 0.3) is 11.8 Å². The zero-order chi connectivity index (χ0) is 27.5. The average Bonchev–Trinajstić information content (AvgIpc) is 3.69. The number of nitrogens with zero attached hydrogens (tertiary/aromatic N) is 3. The molecule has 7 heteroatoms. The van der Waals surface area contributed by atoms with E-state index in [1.54, 1.807) is 0 Å². The molecule has 3 amide bonds. The van der Waals surface area contributed by atoms with Crippen LogP contribution in [0.25, 0.3) is 10.8 Å². The predicted octanol–water partition coefficient (Wildman–Crippen LogP) is 3.95. The maximum absolute atomic E-state index is 13.1. The van der Waals surface area contributed by atoms with Crippen LogP contribution < -0.4 is 5.32 Å². The van der Waals surface area contributed by atoms with Crippen LogP contribution in [-0.4, -0.2) is 84.8 Å². The van der Waals surface area contributed by atoms with Gasteiger partial charge >= 0.3 is 0 Å². The quantitative estimate of drug-likeness (QED) is 0.368. The molecule has 6 rings (SSSR count). The zero-order valence-electron chi connectivity index (χ0n) is 22.9. The summed E-state index contributed by atoms with van der Waals surface area (Å²) in [7, 11) is 0. The molecular formula is C33H36N4O3. The molecule has 1 atom stereocenters. The summed E-state index contributed by atoms with van der Waals surface area (Å²) in [6, 6.07) is 11.3. The molecule has 2 heterocycles. The van der Waals surface area contributed by atoms with Crippen molar-refractivity contribution in [2.45, 2.75) is 19.3 Å². The van der Waals surface area contributed by atoms with Crippen molar-refractivity contribution in [3.63, 3.8) is 0 Å². The Hall–Kier alpha value is -3.81. The lowest BCUT2D eigenvalue weighted by atomic mass is 9.94. The number of carbonyl (C=O) groups is 3. The summed E-state index contributed by atoms with van der Waals surface area (Å²) in [5, 5.41) is 4.81. The number of benzene rings is 2. The van der Waals surface area contributed by atoms with Gasteiger partial charge in [-0.25, -0.2) is 0 Å². The van der Waals surface area contributed by atoms with Crippen molar-refractivity contribution >= 4 is 28.5 Å². The Kier molecular flexibility index (Phi) is 7.75. The van der Waals surface area contributed by atoms with Gasteiger partial charge in [-0.1, -0.05) is 60.7 Å². The second kappa shape index (κ2) is 11.7. The van der Waals surface area contributed by atoms with Crippen molar-refractivity contribution in [3.05, 3.63) is 95.1 Å². The van der Waals surface area contributed by atoms with Crippen LogP contribution in [0.2, 0.25) is 0 Å². The maximum atomic E-state index is 13.1. The molecule has 1 N–H and O–H groups in total. The highest BCUT2D eigenvalue weighted by molar-refractivity contribution is 6.25. The van der Waals surface area contributed by atoms with Crippen molar-refractivity contribution in [2.75, 3.05) is 52.4 Å². The fourth-order valence-electron chi connectivity index (χ4n) is 6.15. The van der Waals surface area contributed by atoms with Gasteiger partial charge in [0.15, 0.2) is 0 Å². The Morgan fingerprint density at radius 1 is 0.875 bits per heavy atom. The second-order valence-electron chi connectivity index (χ2n) is 11.0. The van der Waals surface area contributed by atoms with Crippen LogP contribution in [0.15, 0.2) is 84.0 Å². The third-order valence-electron chi connectivity index (χ3n) is 8.41. The van der Waals surface area contributed by atoms with E-state index < -0.39 is 0 Å². The Balaban J connectivity index is 0.885. The number of piperazine rings is 1. The normalized spacial score (nSPS) is 20.9. The van der Waals surface area contributed by atoms with Crippen LogP contribution >= 0.6 is 0 Å². The SMILES string of the molecule is O=C(NCCCN1CCN(CCCN2C(=O)c3cccc4cccc(c34)C2=O)CC1)[C@@H]1C=CC(C2=CC=CC2)=C1. The number of rotatable bonds is 10. The largest absolute Gasteiger partial charge is 0.355 e. The fourth-order valence-corrected chi connectivity index (χ4v) is 6.15. The first kappa shape index (κ1) is 26.4. The molecule has 7 nitrogen and oxygen atoms in total. The minimum Gasteiger partial charge on any atom is -0.355 e. The smallest absolute Gasteiger partial charge is 0.261 e. The summed E-state index contributed by atoms with van der Waals surface area (Å²) < 4.78 is 0. The number of hydrogen-bond donors (Lipinski definition) is 1. The number of carbonyl (C=O) groups excluding carboxylic acids is 3. The van der Waals surface area contributed by atoms with E-state index in [-0.39, 0.29) is 23.6 Å². The highest BCUT2D eigenvalue weighted by Crippen LogP contribution is 2.30.